The van der Waals surface area contributed by atoms with Crippen LogP contribution in [0.15, 0.2) is 18.2 Å². The van der Waals surface area contributed by atoms with Gasteiger partial charge in [-0.25, -0.2) is 0 Å². The first kappa shape index (κ1) is 10.3. The molecule has 0 aromatic heterocycles. The molecule has 0 aliphatic heterocycles. The monoisotopic (exact) mass is 244 g/mol. The van der Waals surface area contributed by atoms with E-state index in [9.17, 15) is 0 Å². The third-order valence-corrected chi connectivity index (χ3v) is 2.30. The van der Waals surface area contributed by atoms with E-state index in [1.807, 2.05) is 25.1 Å². The lowest BCUT2D eigenvalue weighted by atomic mass is 10.2. The van der Waals surface area contributed by atoms with Crippen LogP contribution in [0.1, 0.15) is 12.5 Å². The van der Waals surface area contributed by atoms with Crippen LogP contribution < -0.4 is 16.0 Å². The second-order valence-corrected chi connectivity index (χ2v) is 3.09. The Morgan fingerprint density at radius 3 is 2.85 bits per heavy atom. The predicted molar refractivity (Wildman–Crippen MR) is 58.1 cm³/mol. The molecule has 1 aromatic rings. The average Bonchev–Trinajstić information content (AvgIpc) is 2.18. The van der Waals surface area contributed by atoms with Crippen LogP contribution in [0.3, 0.4) is 0 Å². The van der Waals surface area contributed by atoms with E-state index in [1.54, 1.807) is 0 Å². The summed E-state index contributed by atoms with van der Waals surface area (Å²) in [5.74, 6) is 6.20. The zero-order valence-corrected chi connectivity index (χ0v) is 9.10. The molecule has 0 unspecified atom stereocenters. The van der Waals surface area contributed by atoms with Gasteiger partial charge in [-0.15, -0.1) is 0 Å². The zero-order chi connectivity index (χ0) is 9.68. The first-order chi connectivity index (χ1) is 6.31. The smallest absolute Gasteiger partial charge is 0.121 e. The van der Waals surface area contributed by atoms with Crippen LogP contribution in [0.5, 0.6) is 5.75 Å². The van der Waals surface area contributed by atoms with Crippen LogP contribution in [-0.2, 0) is 5.33 Å². The Labute approximate surface area is 86.4 Å². The van der Waals surface area contributed by atoms with Crippen molar-refractivity contribution in [2.24, 2.45) is 5.84 Å². The van der Waals surface area contributed by atoms with E-state index in [1.165, 1.54) is 0 Å². The second-order valence-electron chi connectivity index (χ2n) is 2.53. The lowest BCUT2D eigenvalue weighted by Gasteiger charge is -2.09. The van der Waals surface area contributed by atoms with Crippen LogP contribution >= 0.6 is 15.9 Å². The molecule has 1 aromatic carbocycles. The molecule has 0 atom stereocenters. The van der Waals surface area contributed by atoms with Gasteiger partial charge in [0.2, 0.25) is 0 Å². The van der Waals surface area contributed by atoms with Gasteiger partial charge >= 0.3 is 0 Å². The van der Waals surface area contributed by atoms with E-state index in [2.05, 4.69) is 21.4 Å². The SMILES string of the molecule is CCOc1ccc(CBr)c(NN)c1. The van der Waals surface area contributed by atoms with E-state index in [0.29, 0.717) is 6.61 Å². The minimum Gasteiger partial charge on any atom is -0.494 e. The molecule has 4 heteroatoms. The quantitative estimate of drug-likeness (QED) is 0.486. The number of hydrogen-bond acceptors (Lipinski definition) is 3. The summed E-state index contributed by atoms with van der Waals surface area (Å²) >= 11 is 3.38. The number of hydrogen-bond donors (Lipinski definition) is 2. The number of anilines is 1. The number of nitrogens with one attached hydrogen (secondary N) is 1. The molecule has 0 amide bonds. The topological polar surface area (TPSA) is 47.3 Å². The predicted octanol–water partition coefficient (Wildman–Crippen LogP) is 2.27. The average molecular weight is 245 g/mol. The molecule has 72 valence electrons. The number of hydrazine groups is 1. The number of nitrogens with two attached hydrogens (primary N) is 1. The fraction of sp³-hybridized carbons (Fsp3) is 0.333. The Hall–Kier alpha value is -0.740. The summed E-state index contributed by atoms with van der Waals surface area (Å²) < 4.78 is 5.34. The third-order valence-electron chi connectivity index (χ3n) is 1.69. The molecular formula is C9H13BrN2O. The minimum absolute atomic E-state index is 0.664. The van der Waals surface area contributed by atoms with Crippen LogP contribution in [0, 0.1) is 0 Å². The van der Waals surface area contributed by atoms with Crippen LogP contribution in [-0.4, -0.2) is 6.61 Å². The van der Waals surface area contributed by atoms with Crippen LogP contribution in [0.25, 0.3) is 0 Å². The fourth-order valence-corrected chi connectivity index (χ4v) is 1.55. The molecule has 3 N–H and O–H groups in total. The second kappa shape index (κ2) is 5.09. The van der Waals surface area contributed by atoms with Crippen molar-refractivity contribution >= 4 is 21.6 Å². The number of ether oxygens (including phenoxy) is 1. The van der Waals surface area contributed by atoms with Crippen LogP contribution in [0.4, 0.5) is 5.69 Å². The molecule has 0 saturated carbocycles. The molecule has 0 heterocycles. The van der Waals surface area contributed by atoms with Gasteiger partial charge in [0.25, 0.3) is 0 Å². The first-order valence-electron chi connectivity index (χ1n) is 4.10. The summed E-state index contributed by atoms with van der Waals surface area (Å²) in [6, 6.07) is 5.80. The lowest BCUT2D eigenvalue weighted by molar-refractivity contribution is 0.340. The molecule has 0 spiro atoms. The highest BCUT2D eigenvalue weighted by Crippen LogP contribution is 2.23. The molecule has 0 aliphatic carbocycles. The molecule has 0 saturated heterocycles. The maximum absolute atomic E-state index is 5.36. The van der Waals surface area contributed by atoms with Crippen molar-refractivity contribution in [2.75, 3.05) is 12.0 Å². The number of rotatable bonds is 4. The molecule has 0 radical (unpaired) electrons. The Morgan fingerprint density at radius 2 is 2.31 bits per heavy atom. The van der Waals surface area contributed by atoms with E-state index in [0.717, 1.165) is 22.3 Å². The Morgan fingerprint density at radius 1 is 1.54 bits per heavy atom. The number of halogens is 1. The van der Waals surface area contributed by atoms with Gasteiger partial charge in [0, 0.05) is 11.4 Å². The minimum atomic E-state index is 0.664. The maximum Gasteiger partial charge on any atom is 0.121 e. The Balaban J connectivity index is 2.91. The maximum atomic E-state index is 5.36. The number of alkyl halides is 1. The van der Waals surface area contributed by atoms with Crippen molar-refractivity contribution in [1.29, 1.82) is 0 Å². The molecule has 13 heavy (non-hydrogen) atoms. The van der Waals surface area contributed by atoms with Crippen molar-refractivity contribution in [3.63, 3.8) is 0 Å². The van der Waals surface area contributed by atoms with Gasteiger partial charge < -0.3 is 10.2 Å². The first-order valence-corrected chi connectivity index (χ1v) is 5.22. The highest BCUT2D eigenvalue weighted by molar-refractivity contribution is 9.08. The Kier molecular flexibility index (Phi) is 4.05. The van der Waals surface area contributed by atoms with Gasteiger partial charge in [0.15, 0.2) is 0 Å². The Bertz CT molecular complexity index is 278. The van der Waals surface area contributed by atoms with Gasteiger partial charge in [0.1, 0.15) is 5.75 Å². The summed E-state index contributed by atoms with van der Waals surface area (Å²) in [4.78, 5) is 0. The lowest BCUT2D eigenvalue weighted by Crippen LogP contribution is -2.09. The van der Waals surface area contributed by atoms with Gasteiger partial charge in [-0.1, -0.05) is 22.0 Å². The van der Waals surface area contributed by atoms with E-state index in [4.69, 9.17) is 10.6 Å². The van der Waals surface area contributed by atoms with Crippen molar-refractivity contribution in [1.82, 2.24) is 0 Å². The zero-order valence-electron chi connectivity index (χ0n) is 7.51. The highest BCUT2D eigenvalue weighted by Gasteiger charge is 2.01. The fourth-order valence-electron chi connectivity index (χ4n) is 1.06. The highest BCUT2D eigenvalue weighted by atomic mass is 79.9. The molecule has 0 bridgehead atoms. The van der Waals surface area contributed by atoms with Gasteiger partial charge in [0.05, 0.1) is 12.3 Å². The summed E-state index contributed by atoms with van der Waals surface area (Å²) in [5.41, 5.74) is 4.64. The molecule has 3 nitrogen and oxygen atoms in total. The summed E-state index contributed by atoms with van der Waals surface area (Å²) in [7, 11) is 0. The molecule has 0 aliphatic rings. The summed E-state index contributed by atoms with van der Waals surface area (Å²) in [6.07, 6.45) is 0. The normalized spacial score (nSPS) is 9.77. The van der Waals surface area contributed by atoms with E-state index >= 15 is 0 Å². The molecular weight excluding hydrogens is 232 g/mol. The van der Waals surface area contributed by atoms with Crippen LogP contribution in [0.2, 0.25) is 0 Å². The summed E-state index contributed by atoms with van der Waals surface area (Å²) in [5, 5.41) is 0.777. The standard InChI is InChI=1S/C9H13BrN2O/c1-2-13-8-4-3-7(6-10)9(5-8)12-11/h3-5,12H,2,6,11H2,1H3. The van der Waals surface area contributed by atoms with Gasteiger partial charge in [-0.05, 0) is 18.6 Å². The molecule has 1 rings (SSSR count). The van der Waals surface area contributed by atoms with Gasteiger partial charge in [-0.2, -0.15) is 0 Å². The van der Waals surface area contributed by atoms with Crippen molar-refractivity contribution in [3.8, 4) is 5.75 Å². The van der Waals surface area contributed by atoms with Crippen molar-refractivity contribution < 1.29 is 4.74 Å². The van der Waals surface area contributed by atoms with E-state index in [-0.39, 0.29) is 0 Å². The third kappa shape index (κ3) is 2.60. The number of benzene rings is 1. The largest absolute Gasteiger partial charge is 0.494 e. The number of nitrogen functional groups attached to an aromatic ring is 1. The van der Waals surface area contributed by atoms with E-state index < -0.39 is 0 Å². The van der Waals surface area contributed by atoms with Crippen molar-refractivity contribution in [3.05, 3.63) is 23.8 Å². The summed E-state index contributed by atoms with van der Waals surface area (Å²) in [6.45, 7) is 2.62. The van der Waals surface area contributed by atoms with Gasteiger partial charge in [-0.3, -0.25) is 5.84 Å². The van der Waals surface area contributed by atoms with Crippen molar-refractivity contribution in [2.45, 2.75) is 12.3 Å². The molecule has 0 fully saturated rings.